The molecule has 0 atom stereocenters. The standard InChI is InChI=1S/C22H28N4O4S.C21H25N3O5S/c1-23-13-15-25-14-12-22(24-25)31(27,28)26(16-18-4-8-20(29-2)9-5-18)17-19-6-10-21(30-3)11-7-19;1-28-19-7-3-17(4-8-19)15-24(16-18-5-9-20(29-2)10-6-18)30(26,27)21-11-12-23(22-21)13-14-25/h4-12,14,23H,13,15-17H2,1-3H3;3-12,25H,13-16H2,1-2H3. The van der Waals surface area contributed by atoms with Gasteiger partial charge < -0.3 is 29.4 Å². The first-order valence-corrected chi connectivity index (χ1v) is 22.1. The molecule has 0 spiro atoms. The number of benzene rings is 4. The van der Waals surface area contributed by atoms with E-state index in [1.807, 2.05) is 79.8 Å². The van der Waals surface area contributed by atoms with Gasteiger partial charge in [-0.15, -0.1) is 0 Å². The molecule has 0 saturated carbocycles. The molecule has 4 aromatic carbocycles. The van der Waals surface area contributed by atoms with E-state index < -0.39 is 20.0 Å². The molecule has 6 aromatic rings. The Morgan fingerprint density at radius 2 is 0.803 bits per heavy atom. The monoisotopic (exact) mass is 875 g/mol. The molecular formula is C43H53N7O9S2. The normalized spacial score (nSPS) is 11.6. The predicted molar refractivity (Wildman–Crippen MR) is 230 cm³/mol. The summed E-state index contributed by atoms with van der Waals surface area (Å²) in [6, 6.07) is 32.2. The number of hydrogen-bond donors (Lipinski definition) is 2. The van der Waals surface area contributed by atoms with Crippen molar-refractivity contribution in [1.29, 1.82) is 0 Å². The van der Waals surface area contributed by atoms with Crippen LogP contribution in [-0.2, 0) is 59.3 Å². The van der Waals surface area contributed by atoms with E-state index in [2.05, 4.69) is 15.5 Å². The van der Waals surface area contributed by atoms with Crippen molar-refractivity contribution in [2.45, 2.75) is 49.3 Å². The summed E-state index contributed by atoms with van der Waals surface area (Å²) in [6.45, 7) is 2.15. The van der Waals surface area contributed by atoms with E-state index in [1.165, 1.54) is 19.4 Å². The zero-order valence-electron chi connectivity index (χ0n) is 34.9. The Hall–Kier alpha value is -5.76. The number of nitrogens with one attached hydrogen (secondary N) is 1. The van der Waals surface area contributed by atoms with Crippen molar-refractivity contribution in [3.8, 4) is 23.0 Å². The molecule has 0 fully saturated rings. The second-order valence-corrected chi connectivity index (χ2v) is 17.4. The average Bonchev–Trinajstić information content (AvgIpc) is 3.98. The summed E-state index contributed by atoms with van der Waals surface area (Å²) in [4.78, 5) is 0. The zero-order chi connectivity index (χ0) is 43.8. The van der Waals surface area contributed by atoms with Gasteiger partial charge in [-0.25, -0.2) is 16.8 Å². The zero-order valence-corrected chi connectivity index (χ0v) is 36.5. The molecule has 0 bridgehead atoms. The number of rotatable bonds is 21. The van der Waals surface area contributed by atoms with E-state index in [0.717, 1.165) is 33.8 Å². The summed E-state index contributed by atoms with van der Waals surface area (Å²) in [5.74, 6) is 2.84. The fourth-order valence-electron chi connectivity index (χ4n) is 5.99. The van der Waals surface area contributed by atoms with Gasteiger partial charge in [0, 0.05) is 45.1 Å². The van der Waals surface area contributed by atoms with Crippen molar-refractivity contribution < 1.29 is 40.9 Å². The molecule has 0 radical (unpaired) electrons. The molecule has 2 aromatic heterocycles. The van der Waals surface area contributed by atoms with E-state index >= 15 is 0 Å². The highest BCUT2D eigenvalue weighted by Gasteiger charge is 2.29. The van der Waals surface area contributed by atoms with Gasteiger partial charge in [0.15, 0.2) is 10.1 Å². The van der Waals surface area contributed by atoms with E-state index in [-0.39, 0.29) is 49.4 Å². The van der Waals surface area contributed by atoms with Crippen LogP contribution in [0.2, 0.25) is 0 Å². The van der Waals surface area contributed by atoms with Gasteiger partial charge in [0.1, 0.15) is 23.0 Å². The molecule has 18 heteroatoms. The fourth-order valence-corrected chi connectivity index (χ4v) is 8.68. The predicted octanol–water partition coefficient (Wildman–Crippen LogP) is 4.79. The van der Waals surface area contributed by atoms with Crippen LogP contribution in [0.1, 0.15) is 22.3 Å². The van der Waals surface area contributed by atoms with Crippen molar-refractivity contribution in [3.05, 3.63) is 144 Å². The topological polar surface area (TPSA) is 180 Å². The highest BCUT2D eigenvalue weighted by molar-refractivity contribution is 7.89. The van der Waals surface area contributed by atoms with Gasteiger partial charge in [0.25, 0.3) is 20.0 Å². The molecule has 0 aliphatic heterocycles. The molecule has 16 nitrogen and oxygen atoms in total. The van der Waals surface area contributed by atoms with Crippen molar-refractivity contribution in [3.63, 3.8) is 0 Å². The van der Waals surface area contributed by atoms with Crippen LogP contribution in [0, 0.1) is 0 Å². The van der Waals surface area contributed by atoms with Gasteiger partial charge in [-0.2, -0.15) is 18.8 Å². The highest BCUT2D eigenvalue weighted by atomic mass is 32.2. The van der Waals surface area contributed by atoms with Gasteiger partial charge in [-0.3, -0.25) is 9.36 Å². The lowest BCUT2D eigenvalue weighted by molar-refractivity contribution is 0.268. The summed E-state index contributed by atoms with van der Waals surface area (Å²) < 4.78 is 80.2. The van der Waals surface area contributed by atoms with Crippen LogP contribution < -0.4 is 24.3 Å². The SMILES string of the molecule is CNCCn1ccc(S(=O)(=O)N(Cc2ccc(OC)cc2)Cc2ccc(OC)cc2)n1.COc1ccc(CN(Cc2ccc(OC)cc2)S(=O)(=O)c2ccn(CCO)n2)cc1. The Morgan fingerprint density at radius 1 is 0.508 bits per heavy atom. The maximum atomic E-state index is 13.5. The molecule has 0 aliphatic carbocycles. The summed E-state index contributed by atoms with van der Waals surface area (Å²) in [5, 5.41) is 20.5. The lowest BCUT2D eigenvalue weighted by atomic mass is 10.2. The molecule has 2 N–H and O–H groups in total. The number of nitrogens with zero attached hydrogens (tertiary/aromatic N) is 6. The second kappa shape index (κ2) is 22.2. The van der Waals surface area contributed by atoms with Crippen molar-refractivity contribution in [2.75, 3.05) is 48.6 Å². The van der Waals surface area contributed by atoms with Gasteiger partial charge in [0.2, 0.25) is 0 Å². The summed E-state index contributed by atoms with van der Waals surface area (Å²) >= 11 is 0. The Kier molecular flexibility index (Phi) is 16.8. The first-order chi connectivity index (χ1) is 29.4. The molecule has 6 rings (SSSR count). The second-order valence-electron chi connectivity index (χ2n) is 13.6. The number of aromatic nitrogens is 4. The maximum Gasteiger partial charge on any atom is 0.262 e. The van der Waals surface area contributed by atoms with Crippen LogP contribution in [0.25, 0.3) is 0 Å². The summed E-state index contributed by atoms with van der Waals surface area (Å²) in [7, 11) is 0.513. The number of ether oxygens (including phenoxy) is 4. The Bertz CT molecular complexity index is 2360. The number of sulfonamides is 2. The lowest BCUT2D eigenvalue weighted by Crippen LogP contribution is -2.30. The third kappa shape index (κ3) is 12.9. The first-order valence-electron chi connectivity index (χ1n) is 19.3. The minimum absolute atomic E-state index is 0.0330. The fraction of sp³-hybridized carbons (Fsp3) is 0.302. The third-order valence-corrected chi connectivity index (χ3v) is 12.8. The molecular weight excluding hydrogens is 823 g/mol. The molecule has 0 unspecified atom stereocenters. The minimum Gasteiger partial charge on any atom is -0.497 e. The van der Waals surface area contributed by atoms with Crippen molar-refractivity contribution in [1.82, 2.24) is 33.5 Å². The van der Waals surface area contributed by atoms with Gasteiger partial charge in [-0.05, 0) is 90.0 Å². The lowest BCUT2D eigenvalue weighted by Gasteiger charge is -2.21. The smallest absolute Gasteiger partial charge is 0.262 e. The molecule has 0 saturated heterocycles. The van der Waals surface area contributed by atoms with E-state index in [9.17, 15) is 16.8 Å². The van der Waals surface area contributed by atoms with E-state index in [1.54, 1.807) is 75.8 Å². The van der Waals surface area contributed by atoms with Crippen molar-refractivity contribution >= 4 is 20.0 Å². The Morgan fingerprint density at radius 3 is 1.07 bits per heavy atom. The average molecular weight is 876 g/mol. The third-order valence-electron chi connectivity index (χ3n) is 9.43. The quantitative estimate of drug-likeness (QED) is 0.101. The molecule has 0 amide bonds. The van der Waals surface area contributed by atoms with Gasteiger partial charge in [0.05, 0.1) is 48.1 Å². The van der Waals surface area contributed by atoms with Gasteiger partial charge >= 0.3 is 0 Å². The van der Waals surface area contributed by atoms with Crippen LogP contribution >= 0.6 is 0 Å². The van der Waals surface area contributed by atoms with Crippen LogP contribution in [0.3, 0.4) is 0 Å². The summed E-state index contributed by atoms with van der Waals surface area (Å²) in [6.07, 6.45) is 3.23. The van der Waals surface area contributed by atoms with Crippen molar-refractivity contribution in [2.24, 2.45) is 0 Å². The largest absolute Gasteiger partial charge is 0.497 e. The first kappa shape index (κ1) is 46.3. The number of hydrogen-bond acceptors (Lipinski definition) is 12. The van der Waals surface area contributed by atoms with Gasteiger partial charge in [-0.1, -0.05) is 48.5 Å². The number of aliphatic hydroxyl groups is 1. The summed E-state index contributed by atoms with van der Waals surface area (Å²) in [5.41, 5.74) is 3.35. The van der Waals surface area contributed by atoms with E-state index in [0.29, 0.717) is 24.6 Å². The molecule has 2 heterocycles. The minimum atomic E-state index is -3.87. The van der Waals surface area contributed by atoms with Crippen LogP contribution in [0.5, 0.6) is 23.0 Å². The maximum absolute atomic E-state index is 13.5. The molecule has 326 valence electrons. The van der Waals surface area contributed by atoms with Crippen LogP contribution in [-0.4, -0.2) is 98.8 Å². The Balaban J connectivity index is 0.000000231. The van der Waals surface area contributed by atoms with Crippen LogP contribution in [0.4, 0.5) is 0 Å². The number of likely N-dealkylation sites (N-methyl/N-ethyl adjacent to an activating group) is 1. The molecule has 61 heavy (non-hydrogen) atoms. The molecule has 0 aliphatic rings. The number of aliphatic hydroxyl groups excluding tert-OH is 1. The number of methoxy groups -OCH3 is 4. The van der Waals surface area contributed by atoms with E-state index in [4.69, 9.17) is 24.1 Å². The Labute approximate surface area is 358 Å². The highest BCUT2D eigenvalue weighted by Crippen LogP contribution is 2.24. The van der Waals surface area contributed by atoms with Crippen LogP contribution in [0.15, 0.2) is 132 Å².